The smallest absolute Gasteiger partial charge is 0.167 e. The summed E-state index contributed by atoms with van der Waals surface area (Å²) >= 11 is 0. The van der Waals surface area contributed by atoms with E-state index in [9.17, 15) is 0 Å². The van der Waals surface area contributed by atoms with Crippen LogP contribution in [0.4, 0.5) is 5.69 Å². The van der Waals surface area contributed by atoms with Crippen molar-refractivity contribution in [2.75, 3.05) is 5.43 Å². The van der Waals surface area contributed by atoms with E-state index in [0.29, 0.717) is 5.71 Å². The first-order valence-electron chi connectivity index (χ1n) is 5.65. The number of nitrogens with one attached hydrogen (secondary N) is 1. The SMILES string of the molecule is Cc1ccc(/C(C#N)=N/Nc2ccccc2)cc1. The lowest BCUT2D eigenvalue weighted by molar-refractivity contribution is 1.33. The molecule has 0 aliphatic carbocycles. The first-order chi connectivity index (χ1) is 8.79. The predicted molar refractivity (Wildman–Crippen MR) is 73.4 cm³/mol. The standard InChI is InChI=1S/C15H13N3/c1-12-7-9-13(10-8-12)15(11-16)18-17-14-5-3-2-4-6-14/h2-10,17H,1H3/b18-15+. The summed E-state index contributed by atoms with van der Waals surface area (Å²) in [5.41, 5.74) is 6.08. The zero-order valence-corrected chi connectivity index (χ0v) is 10.1. The fraction of sp³-hybridized carbons (Fsp3) is 0.0667. The third-order valence-corrected chi connectivity index (χ3v) is 2.50. The molecule has 0 radical (unpaired) electrons. The summed E-state index contributed by atoms with van der Waals surface area (Å²) in [6.07, 6.45) is 0. The van der Waals surface area contributed by atoms with E-state index in [1.807, 2.05) is 61.5 Å². The number of rotatable bonds is 3. The molecule has 0 aromatic heterocycles. The van der Waals surface area contributed by atoms with Crippen LogP contribution < -0.4 is 5.43 Å². The molecule has 3 nitrogen and oxygen atoms in total. The second-order valence-electron chi connectivity index (χ2n) is 3.92. The van der Waals surface area contributed by atoms with Gasteiger partial charge in [0.1, 0.15) is 6.07 Å². The maximum atomic E-state index is 9.11. The largest absolute Gasteiger partial charge is 0.277 e. The number of anilines is 1. The highest BCUT2D eigenvalue weighted by atomic mass is 15.3. The van der Waals surface area contributed by atoms with Gasteiger partial charge >= 0.3 is 0 Å². The number of nitriles is 1. The number of nitrogens with zero attached hydrogens (tertiary/aromatic N) is 2. The number of hydrogen-bond acceptors (Lipinski definition) is 3. The van der Waals surface area contributed by atoms with Crippen LogP contribution in [0.1, 0.15) is 11.1 Å². The van der Waals surface area contributed by atoms with E-state index in [4.69, 9.17) is 5.26 Å². The van der Waals surface area contributed by atoms with Crippen LogP contribution in [0.5, 0.6) is 0 Å². The van der Waals surface area contributed by atoms with Gasteiger partial charge < -0.3 is 0 Å². The Hall–Kier alpha value is -2.60. The van der Waals surface area contributed by atoms with E-state index < -0.39 is 0 Å². The van der Waals surface area contributed by atoms with E-state index >= 15 is 0 Å². The molecular formula is C15H13N3. The van der Waals surface area contributed by atoms with Gasteiger partial charge in [0.25, 0.3) is 0 Å². The molecule has 88 valence electrons. The van der Waals surface area contributed by atoms with Crippen molar-refractivity contribution in [3.63, 3.8) is 0 Å². The Morgan fingerprint density at radius 2 is 1.72 bits per heavy atom. The average Bonchev–Trinajstić information content (AvgIpc) is 2.42. The van der Waals surface area contributed by atoms with Crippen molar-refractivity contribution < 1.29 is 0 Å². The third kappa shape index (κ3) is 2.96. The van der Waals surface area contributed by atoms with Crippen molar-refractivity contribution in [1.29, 1.82) is 5.26 Å². The second kappa shape index (κ2) is 5.65. The predicted octanol–water partition coefficient (Wildman–Crippen LogP) is 3.33. The highest BCUT2D eigenvalue weighted by molar-refractivity contribution is 6.11. The Labute approximate surface area is 106 Å². The molecule has 0 fully saturated rings. The summed E-state index contributed by atoms with van der Waals surface area (Å²) < 4.78 is 0. The zero-order valence-electron chi connectivity index (χ0n) is 10.1. The van der Waals surface area contributed by atoms with E-state index in [2.05, 4.69) is 16.6 Å². The molecule has 1 N–H and O–H groups in total. The number of hydrazone groups is 1. The van der Waals surface area contributed by atoms with Gasteiger partial charge in [0.05, 0.1) is 5.69 Å². The molecule has 0 heterocycles. The minimum absolute atomic E-state index is 0.374. The van der Waals surface area contributed by atoms with Crippen LogP contribution in [-0.4, -0.2) is 5.71 Å². The molecule has 0 aliphatic rings. The topological polar surface area (TPSA) is 48.2 Å². The van der Waals surface area contributed by atoms with Crippen molar-refractivity contribution >= 4 is 11.4 Å². The van der Waals surface area contributed by atoms with Crippen molar-refractivity contribution in [1.82, 2.24) is 0 Å². The Balaban J connectivity index is 2.19. The summed E-state index contributed by atoms with van der Waals surface area (Å²) in [4.78, 5) is 0. The monoisotopic (exact) mass is 235 g/mol. The van der Waals surface area contributed by atoms with Gasteiger partial charge in [0, 0.05) is 5.56 Å². The molecule has 0 saturated carbocycles. The lowest BCUT2D eigenvalue weighted by atomic mass is 10.1. The summed E-state index contributed by atoms with van der Waals surface area (Å²) in [7, 11) is 0. The molecule has 0 saturated heterocycles. The quantitative estimate of drug-likeness (QED) is 0.655. The summed E-state index contributed by atoms with van der Waals surface area (Å²) in [5, 5.41) is 13.2. The van der Waals surface area contributed by atoms with Gasteiger partial charge in [-0.05, 0) is 19.1 Å². The molecular weight excluding hydrogens is 222 g/mol. The molecule has 0 unspecified atom stereocenters. The zero-order chi connectivity index (χ0) is 12.8. The van der Waals surface area contributed by atoms with E-state index in [0.717, 1.165) is 16.8 Å². The first-order valence-corrected chi connectivity index (χ1v) is 5.65. The summed E-state index contributed by atoms with van der Waals surface area (Å²) in [6.45, 7) is 2.01. The average molecular weight is 235 g/mol. The van der Waals surface area contributed by atoms with Crippen LogP contribution in [0.3, 0.4) is 0 Å². The van der Waals surface area contributed by atoms with Crippen LogP contribution in [0.15, 0.2) is 59.7 Å². The first kappa shape index (κ1) is 11.9. The Bertz CT molecular complexity index is 577. The van der Waals surface area contributed by atoms with Gasteiger partial charge in [-0.3, -0.25) is 5.43 Å². The number of benzene rings is 2. The number of aryl methyl sites for hydroxylation is 1. The molecule has 0 atom stereocenters. The van der Waals surface area contributed by atoms with Gasteiger partial charge in [-0.25, -0.2) is 0 Å². The van der Waals surface area contributed by atoms with Crippen LogP contribution in [0.2, 0.25) is 0 Å². The van der Waals surface area contributed by atoms with Crippen molar-refractivity contribution in [3.8, 4) is 6.07 Å². The minimum Gasteiger partial charge on any atom is -0.277 e. The van der Waals surface area contributed by atoms with Gasteiger partial charge in [-0.15, -0.1) is 0 Å². The molecule has 2 aromatic rings. The second-order valence-corrected chi connectivity index (χ2v) is 3.92. The van der Waals surface area contributed by atoms with E-state index in [1.54, 1.807) is 0 Å². The third-order valence-electron chi connectivity index (χ3n) is 2.50. The van der Waals surface area contributed by atoms with Gasteiger partial charge in [-0.1, -0.05) is 48.0 Å². The summed E-state index contributed by atoms with van der Waals surface area (Å²) in [5.74, 6) is 0. The number of hydrogen-bond donors (Lipinski definition) is 1. The Morgan fingerprint density at radius 1 is 1.06 bits per heavy atom. The van der Waals surface area contributed by atoms with Gasteiger partial charge in [0.2, 0.25) is 0 Å². The van der Waals surface area contributed by atoms with Crippen molar-refractivity contribution in [2.45, 2.75) is 6.92 Å². The van der Waals surface area contributed by atoms with Crippen LogP contribution in [0.25, 0.3) is 0 Å². The van der Waals surface area contributed by atoms with Gasteiger partial charge in [-0.2, -0.15) is 10.4 Å². The molecule has 0 aliphatic heterocycles. The highest BCUT2D eigenvalue weighted by Crippen LogP contribution is 2.07. The van der Waals surface area contributed by atoms with Crippen LogP contribution >= 0.6 is 0 Å². The van der Waals surface area contributed by atoms with E-state index in [-0.39, 0.29) is 0 Å². The van der Waals surface area contributed by atoms with Crippen molar-refractivity contribution in [3.05, 3.63) is 65.7 Å². The van der Waals surface area contributed by atoms with E-state index in [1.165, 1.54) is 0 Å². The lowest BCUT2D eigenvalue weighted by Crippen LogP contribution is -2.01. The molecule has 0 spiro atoms. The normalized spacial score (nSPS) is 10.8. The highest BCUT2D eigenvalue weighted by Gasteiger charge is 2.01. The fourth-order valence-electron chi connectivity index (χ4n) is 1.50. The summed E-state index contributed by atoms with van der Waals surface area (Å²) in [6, 6.07) is 19.4. The minimum atomic E-state index is 0.374. The maximum absolute atomic E-state index is 9.11. The van der Waals surface area contributed by atoms with Crippen molar-refractivity contribution in [2.24, 2.45) is 5.10 Å². The number of para-hydroxylation sites is 1. The van der Waals surface area contributed by atoms with Crippen LogP contribution in [0, 0.1) is 18.3 Å². The molecule has 0 amide bonds. The molecule has 2 aromatic carbocycles. The van der Waals surface area contributed by atoms with Gasteiger partial charge in [0.15, 0.2) is 5.71 Å². The molecule has 2 rings (SSSR count). The molecule has 0 bridgehead atoms. The Morgan fingerprint density at radius 3 is 2.33 bits per heavy atom. The lowest BCUT2D eigenvalue weighted by Gasteiger charge is -2.02. The maximum Gasteiger partial charge on any atom is 0.167 e. The van der Waals surface area contributed by atoms with Crippen LogP contribution in [-0.2, 0) is 0 Å². The fourth-order valence-corrected chi connectivity index (χ4v) is 1.50. The Kier molecular flexibility index (Phi) is 3.72. The molecule has 18 heavy (non-hydrogen) atoms. The molecule has 3 heteroatoms.